The van der Waals surface area contributed by atoms with Gasteiger partial charge in [-0.2, -0.15) is 18.4 Å². The molecule has 0 spiro atoms. The highest BCUT2D eigenvalue weighted by Crippen LogP contribution is 2.39. The van der Waals surface area contributed by atoms with E-state index in [1.807, 2.05) is 35.9 Å². The Hall–Kier alpha value is -4.17. The number of fused-ring (bicyclic) bond motifs is 3. The number of benzene rings is 2. The molecule has 1 fully saturated rings. The SMILES string of the molecule is Cc1nnn2c1-c1ccc(C3=CCN(C4CCC4)CC3)cc1C(Nc1cccc(C#N)c1)CC2.O=C(O)C(F)(F)F. The Balaban J connectivity index is 0.000000431. The summed E-state index contributed by atoms with van der Waals surface area (Å²) in [4.78, 5) is 11.5. The molecule has 0 saturated heterocycles. The zero-order valence-corrected chi connectivity index (χ0v) is 22.7. The first-order valence-corrected chi connectivity index (χ1v) is 13.7. The number of hydrogen-bond acceptors (Lipinski definition) is 6. The summed E-state index contributed by atoms with van der Waals surface area (Å²) in [6.45, 7) is 5.07. The quantitative estimate of drug-likeness (QED) is 0.403. The number of carbonyl (C=O) groups is 1. The Kier molecular flexibility index (Phi) is 8.13. The predicted octanol–water partition coefficient (Wildman–Crippen LogP) is 5.96. The van der Waals surface area contributed by atoms with Gasteiger partial charge in [-0.25, -0.2) is 9.48 Å². The highest BCUT2D eigenvalue weighted by Gasteiger charge is 2.38. The van der Waals surface area contributed by atoms with E-state index in [0.717, 1.165) is 55.6 Å². The summed E-state index contributed by atoms with van der Waals surface area (Å²) in [5, 5.41) is 29.0. The molecule has 6 rings (SSSR count). The molecular formula is C30H31F3N6O2. The molecule has 8 nitrogen and oxygen atoms in total. The summed E-state index contributed by atoms with van der Waals surface area (Å²) in [7, 11) is 0. The number of nitriles is 1. The average Bonchev–Trinajstić information content (AvgIpc) is 3.22. The standard InChI is InChI=1S/C28H30N6.C2HF3O2/c1-19-28-25-9-8-22(21-10-13-33(14-11-21)24-6-3-7-24)17-26(25)27(12-15-34(28)32-31-19)30-23-5-2-4-20(16-23)18-29;3-2(4,5)1(6)7/h2,4-5,8-10,16-17,24,27,30H,3,6-7,11-15H2,1H3;(H,6,7). The van der Waals surface area contributed by atoms with Gasteiger partial charge in [-0.05, 0) is 73.6 Å². The second-order valence-corrected chi connectivity index (χ2v) is 10.6. The Morgan fingerprint density at radius 2 is 1.93 bits per heavy atom. The molecule has 0 bridgehead atoms. The van der Waals surface area contributed by atoms with Crippen molar-refractivity contribution in [3.05, 3.63) is 70.9 Å². The molecule has 11 heteroatoms. The van der Waals surface area contributed by atoms with Gasteiger partial charge in [-0.1, -0.05) is 35.9 Å². The van der Waals surface area contributed by atoms with Crippen LogP contribution in [0.25, 0.3) is 16.8 Å². The van der Waals surface area contributed by atoms with Gasteiger partial charge in [0.1, 0.15) is 0 Å². The average molecular weight is 565 g/mol. The van der Waals surface area contributed by atoms with Crippen molar-refractivity contribution in [3.63, 3.8) is 0 Å². The fourth-order valence-electron chi connectivity index (χ4n) is 5.62. The van der Waals surface area contributed by atoms with Crippen molar-refractivity contribution in [1.29, 1.82) is 5.26 Å². The lowest BCUT2D eigenvalue weighted by Gasteiger charge is -2.39. The lowest BCUT2D eigenvalue weighted by molar-refractivity contribution is -0.192. The molecule has 1 atom stereocenters. The topological polar surface area (TPSA) is 107 Å². The summed E-state index contributed by atoms with van der Waals surface area (Å²) < 4.78 is 33.8. The van der Waals surface area contributed by atoms with Crippen molar-refractivity contribution < 1.29 is 23.1 Å². The Morgan fingerprint density at radius 1 is 1.15 bits per heavy atom. The van der Waals surface area contributed by atoms with Gasteiger partial charge in [0.05, 0.1) is 29.1 Å². The molecule has 2 aliphatic heterocycles. The van der Waals surface area contributed by atoms with Crippen LogP contribution in [0.15, 0.2) is 48.5 Å². The summed E-state index contributed by atoms with van der Waals surface area (Å²) in [5.74, 6) is -2.76. The molecule has 1 unspecified atom stereocenters. The molecule has 214 valence electrons. The van der Waals surface area contributed by atoms with Gasteiger partial charge in [0.2, 0.25) is 0 Å². The van der Waals surface area contributed by atoms with E-state index in [-0.39, 0.29) is 6.04 Å². The Bertz CT molecular complexity index is 1500. The largest absolute Gasteiger partial charge is 0.490 e. The maximum atomic E-state index is 10.6. The van der Waals surface area contributed by atoms with Crippen LogP contribution >= 0.6 is 0 Å². The number of nitrogens with one attached hydrogen (secondary N) is 1. The third kappa shape index (κ3) is 6.28. The first-order chi connectivity index (χ1) is 19.6. The number of alkyl halides is 3. The summed E-state index contributed by atoms with van der Waals surface area (Å²) in [5.41, 5.74) is 8.99. The van der Waals surface area contributed by atoms with Gasteiger partial charge in [0.15, 0.2) is 0 Å². The highest BCUT2D eigenvalue weighted by molar-refractivity contribution is 5.75. The number of hydrogen-bond donors (Lipinski definition) is 2. The maximum absolute atomic E-state index is 10.6. The number of rotatable bonds is 4. The van der Waals surface area contributed by atoms with Gasteiger partial charge >= 0.3 is 12.1 Å². The van der Waals surface area contributed by atoms with Crippen molar-refractivity contribution in [2.45, 2.75) is 63.8 Å². The van der Waals surface area contributed by atoms with Crippen LogP contribution in [0.4, 0.5) is 18.9 Å². The monoisotopic (exact) mass is 564 g/mol. The first-order valence-electron chi connectivity index (χ1n) is 13.7. The molecule has 2 N–H and O–H groups in total. The molecule has 2 aromatic carbocycles. The molecular weight excluding hydrogens is 533 g/mol. The number of nitrogens with zero attached hydrogens (tertiary/aromatic N) is 5. The Morgan fingerprint density at radius 3 is 2.56 bits per heavy atom. The first kappa shape index (κ1) is 28.4. The van der Waals surface area contributed by atoms with Crippen molar-refractivity contribution >= 4 is 17.2 Å². The molecule has 0 radical (unpaired) electrons. The minimum atomic E-state index is -5.08. The number of aromatic nitrogens is 3. The van der Waals surface area contributed by atoms with E-state index in [1.165, 1.54) is 41.5 Å². The van der Waals surface area contributed by atoms with Crippen LogP contribution in [-0.4, -0.2) is 56.3 Å². The number of carboxylic acids is 1. The fraction of sp³-hybridized carbons (Fsp3) is 0.400. The molecule has 1 aromatic heterocycles. The molecule has 3 heterocycles. The van der Waals surface area contributed by atoms with E-state index in [4.69, 9.17) is 9.90 Å². The zero-order chi connectivity index (χ0) is 29.1. The molecule has 41 heavy (non-hydrogen) atoms. The van der Waals surface area contributed by atoms with Gasteiger partial charge in [-0.15, -0.1) is 5.10 Å². The minimum Gasteiger partial charge on any atom is -0.475 e. The molecule has 1 saturated carbocycles. The van der Waals surface area contributed by atoms with Crippen molar-refractivity contribution in [3.8, 4) is 17.3 Å². The lowest BCUT2D eigenvalue weighted by Crippen LogP contribution is -2.42. The van der Waals surface area contributed by atoms with E-state index in [2.05, 4.69) is 50.9 Å². The van der Waals surface area contributed by atoms with Crippen LogP contribution in [-0.2, 0) is 11.3 Å². The van der Waals surface area contributed by atoms with Gasteiger partial charge in [-0.3, -0.25) is 4.90 Å². The summed E-state index contributed by atoms with van der Waals surface area (Å²) >= 11 is 0. The number of halogens is 3. The van der Waals surface area contributed by atoms with E-state index < -0.39 is 12.1 Å². The van der Waals surface area contributed by atoms with Gasteiger partial charge in [0, 0.05) is 36.9 Å². The molecule has 1 aliphatic carbocycles. The number of aliphatic carboxylic acids is 1. The second-order valence-electron chi connectivity index (χ2n) is 10.6. The molecule has 0 amide bonds. The lowest BCUT2D eigenvalue weighted by atomic mass is 9.88. The smallest absolute Gasteiger partial charge is 0.475 e. The van der Waals surface area contributed by atoms with E-state index in [9.17, 15) is 18.4 Å². The molecule has 3 aliphatic rings. The van der Waals surface area contributed by atoms with Crippen LogP contribution in [0.3, 0.4) is 0 Å². The van der Waals surface area contributed by atoms with Crippen molar-refractivity contribution in [1.82, 2.24) is 19.9 Å². The normalized spacial score (nSPS) is 18.8. The van der Waals surface area contributed by atoms with Crippen LogP contribution in [0, 0.1) is 18.3 Å². The second kappa shape index (κ2) is 11.7. The highest BCUT2D eigenvalue weighted by atomic mass is 19.4. The van der Waals surface area contributed by atoms with Gasteiger partial charge < -0.3 is 10.4 Å². The van der Waals surface area contributed by atoms with Crippen molar-refractivity contribution in [2.75, 3.05) is 18.4 Å². The minimum absolute atomic E-state index is 0.126. The van der Waals surface area contributed by atoms with E-state index >= 15 is 0 Å². The predicted molar refractivity (Wildman–Crippen MR) is 148 cm³/mol. The summed E-state index contributed by atoms with van der Waals surface area (Å²) in [6, 6.07) is 17.9. The van der Waals surface area contributed by atoms with E-state index in [1.54, 1.807) is 0 Å². The number of aryl methyl sites for hydroxylation is 2. The third-order valence-electron chi connectivity index (χ3n) is 7.99. The number of carboxylic acid groups (broad SMARTS) is 1. The van der Waals surface area contributed by atoms with Crippen molar-refractivity contribution in [2.24, 2.45) is 0 Å². The number of anilines is 1. The van der Waals surface area contributed by atoms with Crippen LogP contribution in [0.1, 0.15) is 60.5 Å². The Labute approximate surface area is 236 Å². The fourth-order valence-corrected chi connectivity index (χ4v) is 5.62. The van der Waals surface area contributed by atoms with Crippen LogP contribution in [0.2, 0.25) is 0 Å². The van der Waals surface area contributed by atoms with Crippen LogP contribution in [0.5, 0.6) is 0 Å². The molecule has 3 aromatic rings. The summed E-state index contributed by atoms with van der Waals surface area (Å²) in [6.07, 6.45) is 3.48. The van der Waals surface area contributed by atoms with E-state index in [0.29, 0.717) is 5.56 Å². The third-order valence-corrected chi connectivity index (χ3v) is 7.99. The maximum Gasteiger partial charge on any atom is 0.490 e. The zero-order valence-electron chi connectivity index (χ0n) is 22.7. The van der Waals surface area contributed by atoms with Crippen LogP contribution < -0.4 is 5.32 Å². The van der Waals surface area contributed by atoms with Gasteiger partial charge in [0.25, 0.3) is 0 Å².